The minimum absolute atomic E-state index is 0.00618. The SMILES string of the molecule is Cc1cc(C(=O)N2CC3CN(c4cc(C(C)(C)C)ncn4)CC3C2)no1. The fourth-order valence-electron chi connectivity index (χ4n) is 3.91. The second-order valence-corrected chi connectivity index (χ2v) is 8.47. The monoisotopic (exact) mass is 355 g/mol. The average molecular weight is 355 g/mol. The molecule has 0 aliphatic carbocycles. The molecule has 0 spiro atoms. The molecular weight excluding hydrogens is 330 g/mol. The van der Waals surface area contributed by atoms with Gasteiger partial charge in [0, 0.05) is 55.6 Å². The van der Waals surface area contributed by atoms with Crippen LogP contribution < -0.4 is 4.90 Å². The van der Waals surface area contributed by atoms with Crippen molar-refractivity contribution in [3.8, 4) is 0 Å². The van der Waals surface area contributed by atoms with E-state index in [1.807, 2.05) is 4.90 Å². The van der Waals surface area contributed by atoms with Crippen LogP contribution in [-0.2, 0) is 5.41 Å². The molecule has 2 fully saturated rings. The number of hydrogen-bond donors (Lipinski definition) is 0. The molecule has 4 rings (SSSR count). The highest BCUT2D eigenvalue weighted by Crippen LogP contribution is 2.34. The summed E-state index contributed by atoms with van der Waals surface area (Å²) in [5.41, 5.74) is 1.47. The van der Waals surface area contributed by atoms with E-state index in [0.717, 1.165) is 37.7 Å². The Morgan fingerprint density at radius 3 is 2.38 bits per heavy atom. The number of anilines is 1. The molecule has 0 bridgehead atoms. The summed E-state index contributed by atoms with van der Waals surface area (Å²) in [5.74, 6) is 2.57. The molecule has 2 atom stereocenters. The summed E-state index contributed by atoms with van der Waals surface area (Å²) in [5, 5.41) is 3.86. The van der Waals surface area contributed by atoms with Crippen LogP contribution in [0.25, 0.3) is 0 Å². The number of hydrogen-bond acceptors (Lipinski definition) is 6. The fraction of sp³-hybridized carbons (Fsp3) is 0.579. The van der Waals surface area contributed by atoms with Crippen molar-refractivity contribution in [2.45, 2.75) is 33.1 Å². The first-order valence-corrected chi connectivity index (χ1v) is 9.11. The van der Waals surface area contributed by atoms with Crippen molar-refractivity contribution >= 4 is 11.7 Å². The smallest absolute Gasteiger partial charge is 0.276 e. The van der Waals surface area contributed by atoms with Crippen LogP contribution in [0.1, 0.15) is 42.7 Å². The van der Waals surface area contributed by atoms with Gasteiger partial charge < -0.3 is 14.3 Å². The quantitative estimate of drug-likeness (QED) is 0.823. The first kappa shape index (κ1) is 17.0. The summed E-state index contributed by atoms with van der Waals surface area (Å²) in [6.07, 6.45) is 1.66. The molecule has 2 aromatic heterocycles. The molecule has 26 heavy (non-hydrogen) atoms. The number of likely N-dealkylation sites (tertiary alicyclic amines) is 1. The maximum atomic E-state index is 12.6. The highest BCUT2D eigenvalue weighted by atomic mass is 16.5. The molecule has 7 nitrogen and oxygen atoms in total. The lowest BCUT2D eigenvalue weighted by Gasteiger charge is -2.24. The molecule has 2 aliphatic heterocycles. The minimum Gasteiger partial charge on any atom is -0.361 e. The molecule has 0 aromatic carbocycles. The van der Waals surface area contributed by atoms with Crippen molar-refractivity contribution < 1.29 is 9.32 Å². The molecule has 0 saturated carbocycles. The van der Waals surface area contributed by atoms with Crippen molar-refractivity contribution in [2.24, 2.45) is 11.8 Å². The van der Waals surface area contributed by atoms with E-state index >= 15 is 0 Å². The van der Waals surface area contributed by atoms with Crippen LogP contribution in [0.15, 0.2) is 23.0 Å². The molecule has 2 aromatic rings. The largest absolute Gasteiger partial charge is 0.361 e. The van der Waals surface area contributed by atoms with Gasteiger partial charge in [0.25, 0.3) is 5.91 Å². The van der Waals surface area contributed by atoms with Gasteiger partial charge in [0.15, 0.2) is 5.69 Å². The zero-order valence-electron chi connectivity index (χ0n) is 15.8. The van der Waals surface area contributed by atoms with Crippen molar-refractivity contribution in [1.82, 2.24) is 20.0 Å². The van der Waals surface area contributed by atoms with Gasteiger partial charge in [-0.1, -0.05) is 25.9 Å². The third kappa shape index (κ3) is 3.06. The lowest BCUT2D eigenvalue weighted by molar-refractivity contribution is 0.0772. The summed E-state index contributed by atoms with van der Waals surface area (Å²) in [7, 11) is 0. The van der Waals surface area contributed by atoms with Crippen LogP contribution in [0, 0.1) is 18.8 Å². The first-order valence-electron chi connectivity index (χ1n) is 9.11. The van der Waals surface area contributed by atoms with Gasteiger partial charge in [-0.25, -0.2) is 9.97 Å². The first-order chi connectivity index (χ1) is 12.3. The van der Waals surface area contributed by atoms with Crippen LogP contribution in [0.4, 0.5) is 5.82 Å². The van der Waals surface area contributed by atoms with Gasteiger partial charge in [0.2, 0.25) is 0 Å². The standard InChI is InChI=1S/C19H25N5O2/c1-12-5-15(22-26-12)18(25)24-9-13-7-23(8-14(13)10-24)17-6-16(19(2,3)4)20-11-21-17/h5-6,11,13-14H,7-10H2,1-4H3. The number of rotatable bonds is 2. The van der Waals surface area contributed by atoms with E-state index < -0.39 is 0 Å². The van der Waals surface area contributed by atoms with E-state index in [-0.39, 0.29) is 11.3 Å². The summed E-state index contributed by atoms with van der Waals surface area (Å²) in [4.78, 5) is 25.7. The Kier molecular flexibility index (Phi) is 3.97. The van der Waals surface area contributed by atoms with Gasteiger partial charge in [-0.3, -0.25) is 4.79 Å². The number of amides is 1. The molecular formula is C19H25N5O2. The third-order valence-electron chi connectivity index (χ3n) is 5.37. The zero-order chi connectivity index (χ0) is 18.5. The maximum Gasteiger partial charge on any atom is 0.276 e. The van der Waals surface area contributed by atoms with Gasteiger partial charge in [-0.2, -0.15) is 0 Å². The number of aromatic nitrogens is 3. The van der Waals surface area contributed by atoms with Crippen LogP contribution >= 0.6 is 0 Å². The number of fused-ring (bicyclic) bond motifs is 1. The van der Waals surface area contributed by atoms with E-state index in [9.17, 15) is 4.79 Å². The number of carbonyl (C=O) groups excluding carboxylic acids is 1. The predicted octanol–water partition coefficient (Wildman–Crippen LogP) is 2.28. The van der Waals surface area contributed by atoms with E-state index in [1.165, 1.54) is 0 Å². The number of aryl methyl sites for hydroxylation is 1. The van der Waals surface area contributed by atoms with Gasteiger partial charge in [-0.05, 0) is 6.92 Å². The summed E-state index contributed by atoms with van der Waals surface area (Å²) < 4.78 is 5.03. The Labute approximate surface area is 153 Å². The summed E-state index contributed by atoms with van der Waals surface area (Å²) >= 11 is 0. The molecule has 138 valence electrons. The Balaban J connectivity index is 1.43. The van der Waals surface area contributed by atoms with Crippen LogP contribution in [0.2, 0.25) is 0 Å². The summed E-state index contributed by atoms with van der Waals surface area (Å²) in [6.45, 7) is 11.7. The Hall–Kier alpha value is -2.44. The lowest BCUT2D eigenvalue weighted by Crippen LogP contribution is -2.33. The average Bonchev–Trinajstić information content (AvgIpc) is 3.27. The fourth-order valence-corrected chi connectivity index (χ4v) is 3.91. The van der Waals surface area contributed by atoms with Crippen LogP contribution in [0.3, 0.4) is 0 Å². The molecule has 2 saturated heterocycles. The van der Waals surface area contributed by atoms with Crippen molar-refractivity contribution in [3.63, 3.8) is 0 Å². The Morgan fingerprint density at radius 2 is 1.81 bits per heavy atom. The molecule has 7 heteroatoms. The van der Waals surface area contributed by atoms with Crippen molar-refractivity contribution in [1.29, 1.82) is 0 Å². The molecule has 2 aliphatic rings. The lowest BCUT2D eigenvalue weighted by atomic mass is 9.92. The molecule has 0 radical (unpaired) electrons. The highest BCUT2D eigenvalue weighted by molar-refractivity contribution is 5.92. The van der Waals surface area contributed by atoms with Gasteiger partial charge >= 0.3 is 0 Å². The van der Waals surface area contributed by atoms with Gasteiger partial charge in [0.05, 0.1) is 5.69 Å². The molecule has 2 unspecified atom stereocenters. The number of nitrogens with zero attached hydrogens (tertiary/aromatic N) is 5. The van der Waals surface area contributed by atoms with Crippen molar-refractivity contribution in [2.75, 3.05) is 31.1 Å². The second kappa shape index (κ2) is 6.07. The molecule has 4 heterocycles. The van der Waals surface area contributed by atoms with E-state index in [4.69, 9.17) is 4.52 Å². The Bertz CT molecular complexity index is 811. The maximum absolute atomic E-state index is 12.6. The van der Waals surface area contributed by atoms with Gasteiger partial charge in [0.1, 0.15) is 17.9 Å². The van der Waals surface area contributed by atoms with Gasteiger partial charge in [-0.15, -0.1) is 0 Å². The predicted molar refractivity (Wildman–Crippen MR) is 97.1 cm³/mol. The van der Waals surface area contributed by atoms with Crippen LogP contribution in [0.5, 0.6) is 0 Å². The van der Waals surface area contributed by atoms with E-state index in [2.05, 4.69) is 46.9 Å². The molecule has 1 amide bonds. The topological polar surface area (TPSA) is 75.4 Å². The highest BCUT2D eigenvalue weighted by Gasteiger charge is 2.42. The number of carbonyl (C=O) groups is 1. The zero-order valence-corrected chi connectivity index (χ0v) is 15.8. The second-order valence-electron chi connectivity index (χ2n) is 8.47. The molecule has 0 N–H and O–H groups in total. The van der Waals surface area contributed by atoms with E-state index in [0.29, 0.717) is 23.3 Å². The minimum atomic E-state index is -0.0279. The Morgan fingerprint density at radius 1 is 1.12 bits per heavy atom. The normalized spacial score (nSPS) is 22.8. The van der Waals surface area contributed by atoms with Crippen molar-refractivity contribution in [3.05, 3.63) is 35.6 Å². The summed E-state index contributed by atoms with van der Waals surface area (Å²) in [6, 6.07) is 3.81. The van der Waals surface area contributed by atoms with E-state index in [1.54, 1.807) is 19.3 Å². The van der Waals surface area contributed by atoms with Crippen LogP contribution in [-0.4, -0.2) is 52.1 Å². The third-order valence-corrected chi connectivity index (χ3v) is 5.37.